The Balaban J connectivity index is 1.69. The molecule has 1 aromatic heterocycles. The number of rotatable bonds is 9. The first kappa shape index (κ1) is 20.3. The second kappa shape index (κ2) is 9.64. The third-order valence-electron chi connectivity index (χ3n) is 4.10. The van der Waals surface area contributed by atoms with Gasteiger partial charge in [0.1, 0.15) is 23.7 Å². The van der Waals surface area contributed by atoms with Crippen molar-refractivity contribution in [2.24, 2.45) is 0 Å². The Labute approximate surface area is 171 Å². The Morgan fingerprint density at radius 3 is 2.38 bits per heavy atom. The summed E-state index contributed by atoms with van der Waals surface area (Å²) in [5.74, 6) is 3.56. The van der Waals surface area contributed by atoms with E-state index < -0.39 is 0 Å². The summed E-state index contributed by atoms with van der Waals surface area (Å²) in [6, 6.07) is 15.4. The van der Waals surface area contributed by atoms with E-state index in [1.807, 2.05) is 62.4 Å². The molecule has 152 valence electrons. The van der Waals surface area contributed by atoms with E-state index in [4.69, 9.17) is 14.2 Å². The molecule has 0 radical (unpaired) electrons. The molecule has 0 atom stereocenters. The highest BCUT2D eigenvalue weighted by Gasteiger charge is 2.08. The number of hydrogen-bond donors (Lipinski definition) is 2. The second-order valence-corrected chi connectivity index (χ2v) is 6.62. The Morgan fingerprint density at radius 1 is 0.862 bits per heavy atom. The topological polar surface area (TPSA) is 77.5 Å². The van der Waals surface area contributed by atoms with Crippen LogP contribution < -0.4 is 24.8 Å². The number of aromatic nitrogens is 2. The lowest BCUT2D eigenvalue weighted by Gasteiger charge is -2.15. The van der Waals surface area contributed by atoms with Crippen molar-refractivity contribution in [2.45, 2.75) is 26.5 Å². The van der Waals surface area contributed by atoms with Crippen molar-refractivity contribution < 1.29 is 14.2 Å². The molecule has 1 heterocycles. The molecule has 0 saturated heterocycles. The van der Waals surface area contributed by atoms with E-state index in [0.717, 1.165) is 17.0 Å². The van der Waals surface area contributed by atoms with Gasteiger partial charge in [-0.3, -0.25) is 0 Å². The summed E-state index contributed by atoms with van der Waals surface area (Å²) in [5, 5.41) is 6.60. The molecule has 0 aliphatic rings. The fraction of sp³-hybridized carbons (Fsp3) is 0.273. The minimum atomic E-state index is 0.0852. The van der Waals surface area contributed by atoms with Crippen molar-refractivity contribution in [3.8, 4) is 17.2 Å². The smallest absolute Gasteiger partial charge is 0.161 e. The molecule has 0 spiro atoms. The van der Waals surface area contributed by atoms with E-state index in [-0.39, 0.29) is 6.10 Å². The van der Waals surface area contributed by atoms with Crippen LogP contribution in [0.5, 0.6) is 17.2 Å². The van der Waals surface area contributed by atoms with Crippen LogP contribution in [0.25, 0.3) is 0 Å². The van der Waals surface area contributed by atoms with Crippen molar-refractivity contribution in [3.63, 3.8) is 0 Å². The lowest BCUT2D eigenvalue weighted by molar-refractivity contribution is 0.244. The van der Waals surface area contributed by atoms with Gasteiger partial charge in [-0.25, -0.2) is 9.97 Å². The number of methoxy groups -OCH3 is 2. The van der Waals surface area contributed by atoms with Gasteiger partial charge in [0.05, 0.1) is 26.0 Å². The monoisotopic (exact) mass is 394 g/mol. The number of nitrogens with zero attached hydrogens (tertiary/aromatic N) is 2. The molecule has 0 unspecified atom stereocenters. The SMILES string of the molecule is COc1ccc(CNc2cc(Nc3ccccc3OC(C)C)ncn2)cc1OC. The minimum absolute atomic E-state index is 0.0852. The van der Waals surface area contributed by atoms with Gasteiger partial charge in [-0.2, -0.15) is 0 Å². The predicted octanol–water partition coefficient (Wildman–Crippen LogP) is 4.64. The number of ether oxygens (including phenoxy) is 3. The standard InChI is InChI=1S/C22H26N4O3/c1-15(2)29-18-8-6-5-7-17(18)26-22-12-21(24-14-25-22)23-13-16-9-10-19(27-3)20(11-16)28-4/h5-12,14-15H,13H2,1-4H3,(H2,23,24,25,26). The third kappa shape index (κ3) is 5.51. The van der Waals surface area contributed by atoms with Gasteiger partial charge >= 0.3 is 0 Å². The molecule has 2 aromatic carbocycles. The number of hydrogen-bond acceptors (Lipinski definition) is 7. The van der Waals surface area contributed by atoms with Crippen LogP contribution in [0.1, 0.15) is 19.4 Å². The lowest BCUT2D eigenvalue weighted by Crippen LogP contribution is -2.08. The molecule has 0 aliphatic heterocycles. The predicted molar refractivity (Wildman–Crippen MR) is 114 cm³/mol. The van der Waals surface area contributed by atoms with Crippen LogP contribution in [0.4, 0.5) is 17.3 Å². The summed E-state index contributed by atoms with van der Waals surface area (Å²) in [6.07, 6.45) is 1.60. The van der Waals surface area contributed by atoms with Crippen LogP contribution >= 0.6 is 0 Å². The van der Waals surface area contributed by atoms with Gasteiger partial charge in [0.2, 0.25) is 0 Å². The highest BCUT2D eigenvalue weighted by Crippen LogP contribution is 2.29. The summed E-state index contributed by atoms with van der Waals surface area (Å²) < 4.78 is 16.5. The maximum absolute atomic E-state index is 5.85. The number of benzene rings is 2. The number of para-hydroxylation sites is 2. The summed E-state index contributed by atoms with van der Waals surface area (Å²) >= 11 is 0. The molecule has 2 N–H and O–H groups in total. The van der Waals surface area contributed by atoms with E-state index in [1.54, 1.807) is 14.2 Å². The maximum Gasteiger partial charge on any atom is 0.161 e. The third-order valence-corrected chi connectivity index (χ3v) is 4.10. The normalized spacial score (nSPS) is 10.5. The molecule has 3 aromatic rings. The van der Waals surface area contributed by atoms with Crippen LogP contribution in [0, 0.1) is 0 Å². The average Bonchev–Trinajstić information content (AvgIpc) is 2.73. The largest absolute Gasteiger partial charge is 0.493 e. The first-order chi connectivity index (χ1) is 14.1. The molecule has 29 heavy (non-hydrogen) atoms. The summed E-state index contributed by atoms with van der Waals surface area (Å²) in [5.41, 5.74) is 1.90. The molecule has 0 amide bonds. The van der Waals surface area contributed by atoms with E-state index in [1.165, 1.54) is 6.33 Å². The van der Waals surface area contributed by atoms with Crippen molar-refractivity contribution in [2.75, 3.05) is 24.9 Å². The van der Waals surface area contributed by atoms with Crippen LogP contribution in [0.3, 0.4) is 0 Å². The summed E-state index contributed by atoms with van der Waals surface area (Å²) in [7, 11) is 3.24. The quantitative estimate of drug-likeness (QED) is 0.547. The Morgan fingerprint density at radius 2 is 1.62 bits per heavy atom. The maximum atomic E-state index is 5.85. The van der Waals surface area contributed by atoms with E-state index in [2.05, 4.69) is 20.6 Å². The molecular weight excluding hydrogens is 368 g/mol. The van der Waals surface area contributed by atoms with Gasteiger partial charge in [-0.15, -0.1) is 0 Å². The second-order valence-electron chi connectivity index (χ2n) is 6.62. The molecular formula is C22H26N4O3. The average molecular weight is 394 g/mol. The van der Waals surface area contributed by atoms with Crippen molar-refractivity contribution in [1.29, 1.82) is 0 Å². The lowest BCUT2D eigenvalue weighted by atomic mass is 10.2. The zero-order chi connectivity index (χ0) is 20.6. The van der Waals surface area contributed by atoms with Crippen LogP contribution in [0.15, 0.2) is 54.9 Å². The first-order valence-electron chi connectivity index (χ1n) is 9.38. The van der Waals surface area contributed by atoms with E-state index in [9.17, 15) is 0 Å². The van der Waals surface area contributed by atoms with Crippen molar-refractivity contribution in [1.82, 2.24) is 9.97 Å². The fourth-order valence-electron chi connectivity index (χ4n) is 2.77. The Bertz CT molecular complexity index is 947. The summed E-state index contributed by atoms with van der Waals surface area (Å²) in [6.45, 7) is 4.58. The molecule has 0 bridgehead atoms. The molecule has 0 fully saturated rings. The zero-order valence-corrected chi connectivity index (χ0v) is 17.1. The molecule has 7 heteroatoms. The van der Waals surface area contributed by atoms with Gasteiger partial charge in [0, 0.05) is 12.6 Å². The van der Waals surface area contributed by atoms with Gasteiger partial charge in [0.15, 0.2) is 11.5 Å². The highest BCUT2D eigenvalue weighted by molar-refractivity contribution is 5.65. The fourth-order valence-corrected chi connectivity index (χ4v) is 2.77. The van der Waals surface area contributed by atoms with Crippen LogP contribution in [-0.2, 0) is 6.54 Å². The molecule has 0 aliphatic carbocycles. The molecule has 3 rings (SSSR count). The van der Waals surface area contributed by atoms with Crippen molar-refractivity contribution in [3.05, 3.63) is 60.4 Å². The van der Waals surface area contributed by atoms with Crippen molar-refractivity contribution >= 4 is 17.3 Å². The van der Waals surface area contributed by atoms with E-state index in [0.29, 0.717) is 29.7 Å². The molecule has 0 saturated carbocycles. The zero-order valence-electron chi connectivity index (χ0n) is 17.1. The Hall–Kier alpha value is -3.48. The minimum Gasteiger partial charge on any atom is -0.493 e. The number of nitrogens with one attached hydrogen (secondary N) is 2. The Kier molecular flexibility index (Phi) is 6.73. The van der Waals surface area contributed by atoms with Gasteiger partial charge in [0.25, 0.3) is 0 Å². The van der Waals surface area contributed by atoms with Gasteiger partial charge < -0.3 is 24.8 Å². The highest BCUT2D eigenvalue weighted by atomic mass is 16.5. The first-order valence-corrected chi connectivity index (χ1v) is 9.38. The van der Waals surface area contributed by atoms with Gasteiger partial charge in [-0.1, -0.05) is 18.2 Å². The van der Waals surface area contributed by atoms with Crippen LogP contribution in [-0.4, -0.2) is 30.3 Å². The van der Waals surface area contributed by atoms with Crippen LogP contribution in [0.2, 0.25) is 0 Å². The summed E-state index contributed by atoms with van der Waals surface area (Å²) in [4.78, 5) is 8.60. The van der Waals surface area contributed by atoms with Gasteiger partial charge in [-0.05, 0) is 43.7 Å². The number of anilines is 3. The molecule has 7 nitrogen and oxygen atoms in total. The van der Waals surface area contributed by atoms with E-state index >= 15 is 0 Å².